The van der Waals surface area contributed by atoms with Gasteiger partial charge in [-0.25, -0.2) is 0 Å². The third kappa shape index (κ3) is 1.93. The average Bonchev–Trinajstić information content (AvgIpc) is 2.41. The molecule has 0 aliphatic heterocycles. The molecule has 0 heterocycles. The van der Waals surface area contributed by atoms with Crippen molar-refractivity contribution in [2.24, 2.45) is 0 Å². The first-order chi connectivity index (χ1) is 8.99. The molecule has 0 radical (unpaired) electrons. The second-order valence-corrected chi connectivity index (χ2v) is 4.26. The van der Waals surface area contributed by atoms with Gasteiger partial charge in [-0.1, -0.05) is 24.3 Å². The standard InChI is InChI=1S/C14H14N2O3/c1-8(17)16(3)12-11(15-2)13(18)9-6-4-5-7-10(9)14(12)19/h4-7,15H,1-3H3. The van der Waals surface area contributed by atoms with Gasteiger partial charge in [-0.15, -0.1) is 0 Å². The van der Waals surface area contributed by atoms with E-state index in [-0.39, 0.29) is 28.9 Å². The fraction of sp³-hybridized carbons (Fsp3) is 0.214. The highest BCUT2D eigenvalue weighted by atomic mass is 16.2. The molecular weight excluding hydrogens is 244 g/mol. The van der Waals surface area contributed by atoms with Crippen molar-refractivity contribution >= 4 is 17.5 Å². The number of likely N-dealkylation sites (N-methyl/N-ethyl adjacent to an activating group) is 2. The van der Waals surface area contributed by atoms with Gasteiger partial charge in [0.2, 0.25) is 17.5 Å². The Labute approximate surface area is 110 Å². The van der Waals surface area contributed by atoms with Crippen LogP contribution in [-0.2, 0) is 4.79 Å². The van der Waals surface area contributed by atoms with Crippen molar-refractivity contribution in [1.29, 1.82) is 0 Å². The molecule has 19 heavy (non-hydrogen) atoms. The van der Waals surface area contributed by atoms with Crippen molar-refractivity contribution in [2.45, 2.75) is 6.92 Å². The summed E-state index contributed by atoms with van der Waals surface area (Å²) in [6.07, 6.45) is 0. The number of nitrogens with zero attached hydrogens (tertiary/aromatic N) is 1. The third-order valence-electron chi connectivity index (χ3n) is 3.15. The first-order valence-electron chi connectivity index (χ1n) is 5.83. The molecule has 0 spiro atoms. The highest BCUT2D eigenvalue weighted by molar-refractivity contribution is 6.27. The Morgan fingerprint density at radius 1 is 1.11 bits per heavy atom. The Morgan fingerprint density at radius 2 is 1.63 bits per heavy atom. The molecule has 0 saturated carbocycles. The van der Waals surface area contributed by atoms with Crippen LogP contribution in [-0.4, -0.2) is 36.5 Å². The van der Waals surface area contributed by atoms with Crippen LogP contribution < -0.4 is 5.32 Å². The molecule has 5 heteroatoms. The zero-order valence-corrected chi connectivity index (χ0v) is 11.0. The van der Waals surface area contributed by atoms with Gasteiger partial charge in [0.25, 0.3) is 0 Å². The predicted octanol–water partition coefficient (Wildman–Crippen LogP) is 0.975. The summed E-state index contributed by atoms with van der Waals surface area (Å²) in [5.74, 6) is -0.902. The lowest BCUT2D eigenvalue weighted by molar-refractivity contribution is -0.125. The fourth-order valence-corrected chi connectivity index (χ4v) is 2.07. The number of amides is 1. The van der Waals surface area contributed by atoms with Gasteiger partial charge >= 0.3 is 0 Å². The zero-order chi connectivity index (χ0) is 14.2. The molecular formula is C14H14N2O3. The van der Waals surface area contributed by atoms with Gasteiger partial charge in [0.15, 0.2) is 0 Å². The number of fused-ring (bicyclic) bond motifs is 1. The van der Waals surface area contributed by atoms with Gasteiger partial charge in [0, 0.05) is 32.1 Å². The maximum atomic E-state index is 12.4. The van der Waals surface area contributed by atoms with Gasteiger partial charge in [-0.05, 0) is 0 Å². The van der Waals surface area contributed by atoms with Gasteiger partial charge in [0.05, 0.1) is 0 Å². The van der Waals surface area contributed by atoms with Crippen molar-refractivity contribution in [3.63, 3.8) is 0 Å². The highest BCUT2D eigenvalue weighted by Crippen LogP contribution is 2.26. The Morgan fingerprint density at radius 3 is 2.11 bits per heavy atom. The van der Waals surface area contributed by atoms with Gasteiger partial charge in [-0.2, -0.15) is 0 Å². The van der Waals surface area contributed by atoms with Crippen molar-refractivity contribution in [3.8, 4) is 0 Å². The summed E-state index contributed by atoms with van der Waals surface area (Å²) < 4.78 is 0. The predicted molar refractivity (Wildman–Crippen MR) is 69.6 cm³/mol. The molecule has 98 valence electrons. The average molecular weight is 258 g/mol. The number of hydrogen-bond donors (Lipinski definition) is 1. The van der Waals surface area contributed by atoms with E-state index >= 15 is 0 Å². The van der Waals surface area contributed by atoms with E-state index < -0.39 is 0 Å². The maximum Gasteiger partial charge on any atom is 0.223 e. The molecule has 5 nitrogen and oxygen atoms in total. The van der Waals surface area contributed by atoms with Crippen LogP contribution in [0.3, 0.4) is 0 Å². The number of hydrogen-bond acceptors (Lipinski definition) is 4. The van der Waals surface area contributed by atoms with E-state index in [2.05, 4.69) is 5.32 Å². The molecule has 0 unspecified atom stereocenters. The van der Waals surface area contributed by atoms with Crippen LogP contribution in [0, 0.1) is 0 Å². The minimum Gasteiger partial charge on any atom is -0.383 e. The summed E-state index contributed by atoms with van der Waals surface area (Å²) in [5.41, 5.74) is 0.937. The van der Waals surface area contributed by atoms with Gasteiger partial charge < -0.3 is 10.2 Å². The minimum absolute atomic E-state index is 0.0960. The SMILES string of the molecule is CNC1=C(N(C)C(C)=O)C(=O)c2ccccc2C1=O. The van der Waals surface area contributed by atoms with Crippen LogP contribution in [0.2, 0.25) is 0 Å². The normalized spacial score (nSPS) is 14.3. The number of allylic oxidation sites excluding steroid dienone is 2. The summed E-state index contributed by atoms with van der Waals surface area (Å²) in [6.45, 7) is 1.35. The lowest BCUT2D eigenvalue weighted by atomic mass is 9.90. The first-order valence-corrected chi connectivity index (χ1v) is 5.83. The number of rotatable bonds is 2. The van der Waals surface area contributed by atoms with Gasteiger partial charge in [-0.3, -0.25) is 14.4 Å². The minimum atomic E-state index is -0.322. The smallest absolute Gasteiger partial charge is 0.223 e. The second kappa shape index (κ2) is 4.68. The molecule has 1 aromatic carbocycles. The maximum absolute atomic E-state index is 12.4. The van der Waals surface area contributed by atoms with Gasteiger partial charge in [0.1, 0.15) is 11.4 Å². The summed E-state index contributed by atoms with van der Waals surface area (Å²) in [5, 5.41) is 2.73. The van der Waals surface area contributed by atoms with Crippen molar-refractivity contribution in [3.05, 3.63) is 46.8 Å². The number of benzene rings is 1. The van der Waals surface area contributed by atoms with Crippen LogP contribution in [0.15, 0.2) is 35.7 Å². The van der Waals surface area contributed by atoms with E-state index in [1.54, 1.807) is 31.3 Å². The molecule has 1 N–H and O–H groups in total. The monoisotopic (exact) mass is 258 g/mol. The number of carbonyl (C=O) groups excluding carboxylic acids is 3. The van der Waals surface area contributed by atoms with Crippen molar-refractivity contribution in [2.75, 3.05) is 14.1 Å². The number of ketones is 2. The molecule has 0 bridgehead atoms. The van der Waals surface area contributed by atoms with E-state index in [4.69, 9.17) is 0 Å². The van der Waals surface area contributed by atoms with Crippen LogP contribution >= 0.6 is 0 Å². The first kappa shape index (κ1) is 13.0. The molecule has 1 aliphatic carbocycles. The van der Waals surface area contributed by atoms with Crippen molar-refractivity contribution in [1.82, 2.24) is 10.2 Å². The van der Waals surface area contributed by atoms with E-state index in [9.17, 15) is 14.4 Å². The Bertz CT molecular complexity index is 617. The summed E-state index contributed by atoms with van der Waals surface area (Å²) in [7, 11) is 3.04. The molecule has 0 fully saturated rings. The molecule has 1 amide bonds. The molecule has 0 aromatic heterocycles. The van der Waals surface area contributed by atoms with Crippen LogP contribution in [0.4, 0.5) is 0 Å². The van der Waals surface area contributed by atoms with E-state index in [0.717, 1.165) is 0 Å². The third-order valence-corrected chi connectivity index (χ3v) is 3.15. The number of carbonyl (C=O) groups is 3. The molecule has 1 aromatic rings. The lowest BCUT2D eigenvalue weighted by Gasteiger charge is -2.26. The zero-order valence-electron chi connectivity index (χ0n) is 11.0. The van der Waals surface area contributed by atoms with E-state index in [0.29, 0.717) is 11.1 Å². The van der Waals surface area contributed by atoms with Crippen LogP contribution in [0.1, 0.15) is 27.6 Å². The number of Topliss-reactive ketones (excluding diaryl/α,β-unsaturated/α-hetero) is 2. The van der Waals surface area contributed by atoms with Crippen LogP contribution in [0.5, 0.6) is 0 Å². The van der Waals surface area contributed by atoms with Crippen LogP contribution in [0.25, 0.3) is 0 Å². The largest absolute Gasteiger partial charge is 0.383 e. The van der Waals surface area contributed by atoms with E-state index in [1.807, 2.05) is 0 Å². The van der Waals surface area contributed by atoms with Crippen molar-refractivity contribution < 1.29 is 14.4 Å². The van der Waals surface area contributed by atoms with E-state index in [1.165, 1.54) is 18.9 Å². The fourth-order valence-electron chi connectivity index (χ4n) is 2.07. The number of nitrogens with one attached hydrogen (secondary N) is 1. The molecule has 0 saturated heterocycles. The topological polar surface area (TPSA) is 66.5 Å². The Hall–Kier alpha value is -2.43. The summed E-state index contributed by atoms with van der Waals surface area (Å²) in [4.78, 5) is 37.4. The quantitative estimate of drug-likeness (QED) is 0.858. The summed E-state index contributed by atoms with van der Waals surface area (Å²) in [6, 6.07) is 6.60. The lowest BCUT2D eigenvalue weighted by Crippen LogP contribution is -2.37. The molecule has 2 rings (SSSR count). The molecule has 1 aliphatic rings. The second-order valence-electron chi connectivity index (χ2n) is 4.26. The Balaban J connectivity index is 2.67. The molecule has 0 atom stereocenters. The Kier molecular flexibility index (Phi) is 3.21. The summed E-state index contributed by atoms with van der Waals surface area (Å²) >= 11 is 0. The highest BCUT2D eigenvalue weighted by Gasteiger charge is 2.34.